The summed E-state index contributed by atoms with van der Waals surface area (Å²) in [4.78, 5) is 7.33. The van der Waals surface area contributed by atoms with Gasteiger partial charge in [0.2, 0.25) is 5.28 Å². The first-order valence-electron chi connectivity index (χ1n) is 5.56. The van der Waals surface area contributed by atoms with Crippen LogP contribution in [0.3, 0.4) is 0 Å². The van der Waals surface area contributed by atoms with Crippen LogP contribution in [-0.2, 0) is 0 Å². The molecule has 0 amide bonds. The lowest BCUT2D eigenvalue weighted by Gasteiger charge is -2.04. The maximum absolute atomic E-state index is 5.90. The van der Waals surface area contributed by atoms with Crippen molar-refractivity contribution in [3.05, 3.63) is 47.7 Å². The average molecular weight is 259 g/mol. The lowest BCUT2D eigenvalue weighted by Crippen LogP contribution is -1.83. The molecule has 0 saturated heterocycles. The Hall–Kier alpha value is -2.00. The van der Waals surface area contributed by atoms with E-state index in [1.807, 2.05) is 42.5 Å². The standard InChI is InChI=1S/C14H11ClN2O/c1-18-10-7-5-9(6-8-10)11-3-2-4-12-13(11)17-14(15)16-12/h2-8H,1H3,(H,16,17). The predicted molar refractivity (Wildman–Crippen MR) is 73.1 cm³/mol. The molecular formula is C14H11ClN2O. The summed E-state index contributed by atoms with van der Waals surface area (Å²) in [6.45, 7) is 0. The second kappa shape index (κ2) is 4.35. The summed E-state index contributed by atoms with van der Waals surface area (Å²) in [7, 11) is 1.66. The molecule has 90 valence electrons. The fraction of sp³-hybridized carbons (Fsp3) is 0.0714. The third kappa shape index (κ3) is 1.83. The first kappa shape index (κ1) is 11.1. The van der Waals surface area contributed by atoms with Gasteiger partial charge in [-0.1, -0.05) is 24.3 Å². The maximum atomic E-state index is 5.90. The van der Waals surface area contributed by atoms with Crippen LogP contribution in [0.2, 0.25) is 5.28 Å². The van der Waals surface area contributed by atoms with Crippen molar-refractivity contribution < 1.29 is 4.74 Å². The van der Waals surface area contributed by atoms with E-state index >= 15 is 0 Å². The zero-order valence-corrected chi connectivity index (χ0v) is 10.5. The Bertz CT molecular complexity index is 689. The smallest absolute Gasteiger partial charge is 0.201 e. The first-order chi connectivity index (χ1) is 8.78. The van der Waals surface area contributed by atoms with Gasteiger partial charge in [-0.2, -0.15) is 0 Å². The molecule has 0 aliphatic heterocycles. The van der Waals surface area contributed by atoms with E-state index in [9.17, 15) is 0 Å². The molecule has 18 heavy (non-hydrogen) atoms. The summed E-state index contributed by atoms with van der Waals surface area (Å²) in [5, 5.41) is 0.408. The van der Waals surface area contributed by atoms with E-state index < -0.39 is 0 Å². The van der Waals surface area contributed by atoms with Gasteiger partial charge in [0.15, 0.2) is 0 Å². The fourth-order valence-corrected chi connectivity index (χ4v) is 2.19. The third-order valence-corrected chi connectivity index (χ3v) is 3.06. The molecule has 0 atom stereocenters. The summed E-state index contributed by atoms with van der Waals surface area (Å²) in [5.41, 5.74) is 3.96. The Morgan fingerprint density at radius 2 is 1.89 bits per heavy atom. The van der Waals surface area contributed by atoms with E-state index in [4.69, 9.17) is 16.3 Å². The second-order valence-corrected chi connectivity index (χ2v) is 4.32. The van der Waals surface area contributed by atoms with Crippen LogP contribution in [0.1, 0.15) is 0 Å². The van der Waals surface area contributed by atoms with Gasteiger partial charge in [0.1, 0.15) is 5.75 Å². The molecule has 3 aromatic rings. The molecule has 0 bridgehead atoms. The normalized spacial score (nSPS) is 10.8. The van der Waals surface area contributed by atoms with Crippen LogP contribution < -0.4 is 4.74 Å². The van der Waals surface area contributed by atoms with Gasteiger partial charge in [-0.3, -0.25) is 0 Å². The zero-order chi connectivity index (χ0) is 12.5. The van der Waals surface area contributed by atoms with Gasteiger partial charge < -0.3 is 9.72 Å². The lowest BCUT2D eigenvalue weighted by atomic mass is 10.0. The van der Waals surface area contributed by atoms with Crippen LogP contribution in [0.15, 0.2) is 42.5 Å². The van der Waals surface area contributed by atoms with Crippen molar-refractivity contribution in [2.45, 2.75) is 0 Å². The molecule has 2 aromatic carbocycles. The number of ether oxygens (including phenoxy) is 1. The molecule has 0 aliphatic rings. The number of hydrogen-bond donors (Lipinski definition) is 1. The number of hydrogen-bond acceptors (Lipinski definition) is 2. The van der Waals surface area contributed by atoms with Crippen LogP contribution in [0.4, 0.5) is 0 Å². The van der Waals surface area contributed by atoms with Crippen LogP contribution in [0.25, 0.3) is 22.2 Å². The van der Waals surface area contributed by atoms with E-state index in [1.54, 1.807) is 7.11 Å². The third-order valence-electron chi connectivity index (χ3n) is 2.88. The number of halogens is 1. The van der Waals surface area contributed by atoms with E-state index in [-0.39, 0.29) is 0 Å². The summed E-state index contributed by atoms with van der Waals surface area (Å²) < 4.78 is 5.15. The average Bonchev–Trinajstić information content (AvgIpc) is 2.79. The van der Waals surface area contributed by atoms with Crippen molar-refractivity contribution in [1.29, 1.82) is 0 Å². The van der Waals surface area contributed by atoms with Gasteiger partial charge in [-0.25, -0.2) is 4.98 Å². The molecule has 4 heteroatoms. The fourth-order valence-electron chi connectivity index (χ4n) is 2.01. The van der Waals surface area contributed by atoms with E-state index in [0.717, 1.165) is 27.9 Å². The Balaban J connectivity index is 2.17. The molecule has 0 radical (unpaired) electrons. The maximum Gasteiger partial charge on any atom is 0.201 e. The Kier molecular flexibility index (Phi) is 2.68. The number of aromatic amines is 1. The van der Waals surface area contributed by atoms with E-state index in [1.165, 1.54) is 0 Å². The van der Waals surface area contributed by atoms with Gasteiger partial charge in [-0.05, 0) is 35.4 Å². The molecule has 1 N–H and O–H groups in total. The molecule has 0 saturated carbocycles. The molecule has 1 heterocycles. The second-order valence-electron chi connectivity index (χ2n) is 3.96. The quantitative estimate of drug-likeness (QED) is 0.757. The van der Waals surface area contributed by atoms with Gasteiger partial charge in [-0.15, -0.1) is 0 Å². The van der Waals surface area contributed by atoms with E-state index in [0.29, 0.717) is 5.28 Å². The predicted octanol–water partition coefficient (Wildman–Crippen LogP) is 3.89. The van der Waals surface area contributed by atoms with Crippen LogP contribution >= 0.6 is 11.6 Å². The molecule has 3 nitrogen and oxygen atoms in total. The Morgan fingerprint density at radius 1 is 1.11 bits per heavy atom. The topological polar surface area (TPSA) is 37.9 Å². The van der Waals surface area contributed by atoms with Crippen molar-refractivity contribution >= 4 is 22.6 Å². The van der Waals surface area contributed by atoms with Crippen molar-refractivity contribution in [3.63, 3.8) is 0 Å². The summed E-state index contributed by atoms with van der Waals surface area (Å²) in [6.07, 6.45) is 0. The summed E-state index contributed by atoms with van der Waals surface area (Å²) >= 11 is 5.90. The van der Waals surface area contributed by atoms with Crippen LogP contribution in [0.5, 0.6) is 5.75 Å². The van der Waals surface area contributed by atoms with Crippen molar-refractivity contribution in [3.8, 4) is 16.9 Å². The number of nitrogens with zero attached hydrogens (tertiary/aromatic N) is 1. The van der Waals surface area contributed by atoms with Crippen molar-refractivity contribution in [1.82, 2.24) is 9.97 Å². The van der Waals surface area contributed by atoms with Crippen molar-refractivity contribution in [2.24, 2.45) is 0 Å². The Morgan fingerprint density at radius 3 is 2.61 bits per heavy atom. The largest absolute Gasteiger partial charge is 0.497 e. The number of rotatable bonds is 2. The van der Waals surface area contributed by atoms with E-state index in [2.05, 4.69) is 9.97 Å². The molecule has 3 rings (SSSR count). The van der Waals surface area contributed by atoms with Gasteiger partial charge in [0.25, 0.3) is 0 Å². The number of benzene rings is 2. The minimum Gasteiger partial charge on any atom is -0.497 e. The van der Waals surface area contributed by atoms with Crippen LogP contribution in [-0.4, -0.2) is 17.1 Å². The number of H-pyrrole nitrogens is 1. The van der Waals surface area contributed by atoms with Gasteiger partial charge in [0, 0.05) is 5.56 Å². The minimum atomic E-state index is 0.408. The number of aromatic nitrogens is 2. The minimum absolute atomic E-state index is 0.408. The number of methoxy groups -OCH3 is 1. The highest BCUT2D eigenvalue weighted by molar-refractivity contribution is 6.29. The van der Waals surface area contributed by atoms with Crippen LogP contribution in [0, 0.1) is 0 Å². The van der Waals surface area contributed by atoms with Gasteiger partial charge in [0.05, 0.1) is 18.1 Å². The lowest BCUT2D eigenvalue weighted by molar-refractivity contribution is 0.415. The highest BCUT2D eigenvalue weighted by Gasteiger charge is 2.07. The Labute approximate surface area is 109 Å². The molecular weight excluding hydrogens is 248 g/mol. The number of imidazole rings is 1. The molecule has 1 aromatic heterocycles. The van der Waals surface area contributed by atoms with Crippen molar-refractivity contribution in [2.75, 3.05) is 7.11 Å². The number of para-hydroxylation sites is 1. The SMILES string of the molecule is COc1ccc(-c2cccc3[nH]c(Cl)nc23)cc1. The number of nitrogens with one attached hydrogen (secondary N) is 1. The summed E-state index contributed by atoms with van der Waals surface area (Å²) in [6, 6.07) is 13.9. The highest BCUT2D eigenvalue weighted by atomic mass is 35.5. The molecule has 0 spiro atoms. The number of fused-ring (bicyclic) bond motifs is 1. The molecule has 0 aliphatic carbocycles. The molecule has 0 fully saturated rings. The van der Waals surface area contributed by atoms with Gasteiger partial charge >= 0.3 is 0 Å². The summed E-state index contributed by atoms with van der Waals surface area (Å²) in [5.74, 6) is 0.839. The molecule has 0 unspecified atom stereocenters. The monoisotopic (exact) mass is 258 g/mol. The first-order valence-corrected chi connectivity index (χ1v) is 5.94. The highest BCUT2D eigenvalue weighted by Crippen LogP contribution is 2.29. The zero-order valence-electron chi connectivity index (χ0n) is 9.77.